The fourth-order valence-electron chi connectivity index (χ4n) is 2.30. The first-order chi connectivity index (χ1) is 7.15. The molecule has 1 aliphatic heterocycles. The van der Waals surface area contributed by atoms with E-state index < -0.39 is 0 Å². The summed E-state index contributed by atoms with van der Waals surface area (Å²) in [5, 5.41) is 0.812. The lowest BCUT2D eigenvalue weighted by atomic mass is 9.95. The minimum atomic E-state index is 0.300. The average molecular weight is 225 g/mol. The van der Waals surface area contributed by atoms with Crippen LogP contribution in [0.5, 0.6) is 0 Å². The van der Waals surface area contributed by atoms with Crippen LogP contribution in [0.25, 0.3) is 0 Å². The second kappa shape index (κ2) is 4.52. The van der Waals surface area contributed by atoms with E-state index in [0.29, 0.717) is 12.0 Å². The summed E-state index contributed by atoms with van der Waals surface area (Å²) >= 11 is 5.95. The zero-order valence-electron chi connectivity index (χ0n) is 8.99. The Hall–Kier alpha value is -0.570. The van der Waals surface area contributed by atoms with E-state index >= 15 is 0 Å². The number of likely N-dealkylation sites (tertiary alicyclic amines) is 1. The number of likely N-dealkylation sites (N-methyl/N-ethyl adjacent to an activating group) is 1. The molecule has 0 radical (unpaired) electrons. The molecular formula is C12H17ClN2. The van der Waals surface area contributed by atoms with E-state index in [4.69, 9.17) is 17.3 Å². The minimum absolute atomic E-state index is 0.300. The topological polar surface area (TPSA) is 29.3 Å². The second-order valence-electron chi connectivity index (χ2n) is 4.48. The number of nitrogens with two attached hydrogens (primary N) is 1. The van der Waals surface area contributed by atoms with Gasteiger partial charge in [0.05, 0.1) is 0 Å². The molecule has 0 saturated carbocycles. The Morgan fingerprint density at radius 3 is 2.87 bits per heavy atom. The molecule has 1 aromatic carbocycles. The normalized spacial score (nSPS) is 27.1. The van der Waals surface area contributed by atoms with Gasteiger partial charge in [-0.2, -0.15) is 0 Å². The number of rotatable bonds is 2. The zero-order chi connectivity index (χ0) is 10.8. The molecule has 1 saturated heterocycles. The van der Waals surface area contributed by atoms with Crippen LogP contribution in [-0.2, 0) is 6.42 Å². The predicted molar refractivity (Wildman–Crippen MR) is 64.1 cm³/mol. The summed E-state index contributed by atoms with van der Waals surface area (Å²) in [5.41, 5.74) is 7.37. The summed E-state index contributed by atoms with van der Waals surface area (Å²) in [7, 11) is 2.12. The van der Waals surface area contributed by atoms with Crippen LogP contribution in [0, 0.1) is 5.92 Å². The number of hydrogen-bond donors (Lipinski definition) is 1. The summed E-state index contributed by atoms with van der Waals surface area (Å²) in [4.78, 5) is 2.29. The van der Waals surface area contributed by atoms with Crippen LogP contribution in [0.2, 0.25) is 5.02 Å². The lowest BCUT2D eigenvalue weighted by molar-refractivity contribution is 0.394. The van der Waals surface area contributed by atoms with E-state index in [1.807, 2.05) is 18.2 Å². The molecule has 2 rings (SSSR count). The van der Waals surface area contributed by atoms with Gasteiger partial charge in [0.15, 0.2) is 0 Å². The molecular weight excluding hydrogens is 208 g/mol. The average Bonchev–Trinajstić information content (AvgIpc) is 2.45. The molecule has 15 heavy (non-hydrogen) atoms. The van der Waals surface area contributed by atoms with Crippen molar-refractivity contribution < 1.29 is 0 Å². The summed E-state index contributed by atoms with van der Waals surface area (Å²) < 4.78 is 0. The largest absolute Gasteiger partial charge is 0.326 e. The van der Waals surface area contributed by atoms with Gasteiger partial charge in [-0.1, -0.05) is 23.7 Å². The molecule has 82 valence electrons. The Morgan fingerprint density at radius 1 is 1.47 bits per heavy atom. The molecule has 2 N–H and O–H groups in total. The van der Waals surface area contributed by atoms with Crippen molar-refractivity contribution in [2.75, 3.05) is 20.1 Å². The van der Waals surface area contributed by atoms with E-state index in [-0.39, 0.29) is 0 Å². The first-order valence-corrected chi connectivity index (χ1v) is 5.71. The van der Waals surface area contributed by atoms with Gasteiger partial charge in [-0.15, -0.1) is 0 Å². The van der Waals surface area contributed by atoms with Crippen LogP contribution in [0.1, 0.15) is 5.56 Å². The van der Waals surface area contributed by atoms with Crippen LogP contribution >= 0.6 is 11.6 Å². The third-order valence-electron chi connectivity index (χ3n) is 3.06. The molecule has 0 spiro atoms. The Balaban J connectivity index is 2.03. The monoisotopic (exact) mass is 224 g/mol. The van der Waals surface area contributed by atoms with Gasteiger partial charge in [0, 0.05) is 24.2 Å². The van der Waals surface area contributed by atoms with Gasteiger partial charge < -0.3 is 10.6 Å². The standard InChI is InChI=1S/C12H17ClN2/c1-15-7-10(12(14)8-15)5-9-3-2-4-11(13)6-9/h2-4,6,10,12H,5,7-8,14H2,1H3. The molecule has 2 nitrogen and oxygen atoms in total. The van der Waals surface area contributed by atoms with Crippen LogP contribution in [-0.4, -0.2) is 31.1 Å². The maximum atomic E-state index is 6.08. The van der Waals surface area contributed by atoms with Crippen LogP contribution < -0.4 is 5.73 Å². The predicted octanol–water partition coefficient (Wildman–Crippen LogP) is 1.77. The molecule has 0 aliphatic carbocycles. The maximum absolute atomic E-state index is 6.08. The first kappa shape index (κ1) is 10.9. The molecule has 1 fully saturated rings. The molecule has 0 aromatic heterocycles. The quantitative estimate of drug-likeness (QED) is 0.830. The third kappa shape index (κ3) is 2.71. The van der Waals surface area contributed by atoms with E-state index in [2.05, 4.69) is 18.0 Å². The molecule has 1 heterocycles. The van der Waals surface area contributed by atoms with Gasteiger partial charge >= 0.3 is 0 Å². The Morgan fingerprint density at radius 2 is 2.27 bits per heavy atom. The summed E-state index contributed by atoms with van der Waals surface area (Å²) in [6.45, 7) is 2.10. The summed E-state index contributed by atoms with van der Waals surface area (Å²) in [5.74, 6) is 0.563. The molecule has 1 aromatic rings. The fourth-order valence-corrected chi connectivity index (χ4v) is 2.51. The highest BCUT2D eigenvalue weighted by Gasteiger charge is 2.27. The first-order valence-electron chi connectivity index (χ1n) is 5.33. The second-order valence-corrected chi connectivity index (χ2v) is 4.92. The lowest BCUT2D eigenvalue weighted by Gasteiger charge is -2.14. The summed E-state index contributed by atoms with van der Waals surface area (Å²) in [6.07, 6.45) is 1.03. The highest BCUT2D eigenvalue weighted by molar-refractivity contribution is 6.30. The molecule has 0 bridgehead atoms. The number of hydrogen-bond acceptors (Lipinski definition) is 2. The highest BCUT2D eigenvalue weighted by atomic mass is 35.5. The molecule has 1 aliphatic rings. The molecule has 2 atom stereocenters. The van der Waals surface area contributed by atoms with E-state index in [1.54, 1.807) is 0 Å². The van der Waals surface area contributed by atoms with Crippen molar-refractivity contribution in [1.82, 2.24) is 4.90 Å². The summed E-state index contributed by atoms with van der Waals surface area (Å²) in [6, 6.07) is 8.37. The Labute approximate surface area is 96.0 Å². The van der Waals surface area contributed by atoms with Crippen LogP contribution in [0.3, 0.4) is 0 Å². The van der Waals surface area contributed by atoms with E-state index in [9.17, 15) is 0 Å². The van der Waals surface area contributed by atoms with Gasteiger partial charge in [-0.25, -0.2) is 0 Å². The molecule has 2 unspecified atom stereocenters. The number of halogens is 1. The van der Waals surface area contributed by atoms with Crippen LogP contribution in [0.15, 0.2) is 24.3 Å². The maximum Gasteiger partial charge on any atom is 0.0408 e. The van der Waals surface area contributed by atoms with E-state index in [0.717, 1.165) is 24.5 Å². The Bertz CT molecular complexity index is 340. The van der Waals surface area contributed by atoms with Gasteiger partial charge in [0.25, 0.3) is 0 Å². The van der Waals surface area contributed by atoms with Gasteiger partial charge in [-0.05, 0) is 37.1 Å². The van der Waals surface area contributed by atoms with Gasteiger partial charge in [0.2, 0.25) is 0 Å². The van der Waals surface area contributed by atoms with Crippen molar-refractivity contribution >= 4 is 11.6 Å². The minimum Gasteiger partial charge on any atom is -0.326 e. The van der Waals surface area contributed by atoms with Crippen molar-refractivity contribution in [3.8, 4) is 0 Å². The van der Waals surface area contributed by atoms with Gasteiger partial charge in [0.1, 0.15) is 0 Å². The number of benzene rings is 1. The fraction of sp³-hybridized carbons (Fsp3) is 0.500. The van der Waals surface area contributed by atoms with Crippen molar-refractivity contribution in [1.29, 1.82) is 0 Å². The zero-order valence-corrected chi connectivity index (χ0v) is 9.74. The van der Waals surface area contributed by atoms with E-state index in [1.165, 1.54) is 5.56 Å². The third-order valence-corrected chi connectivity index (χ3v) is 3.30. The highest BCUT2D eigenvalue weighted by Crippen LogP contribution is 2.20. The van der Waals surface area contributed by atoms with Crippen molar-refractivity contribution in [3.63, 3.8) is 0 Å². The van der Waals surface area contributed by atoms with Crippen molar-refractivity contribution in [2.45, 2.75) is 12.5 Å². The SMILES string of the molecule is CN1CC(N)C(Cc2cccc(Cl)c2)C1. The van der Waals surface area contributed by atoms with Gasteiger partial charge in [-0.3, -0.25) is 0 Å². The molecule has 0 amide bonds. The van der Waals surface area contributed by atoms with Crippen molar-refractivity contribution in [2.24, 2.45) is 11.7 Å². The lowest BCUT2D eigenvalue weighted by Crippen LogP contribution is -2.30. The number of nitrogens with zero attached hydrogens (tertiary/aromatic N) is 1. The smallest absolute Gasteiger partial charge is 0.0408 e. The molecule has 3 heteroatoms. The Kier molecular flexibility index (Phi) is 3.29. The van der Waals surface area contributed by atoms with Crippen LogP contribution in [0.4, 0.5) is 0 Å². The van der Waals surface area contributed by atoms with Crippen molar-refractivity contribution in [3.05, 3.63) is 34.9 Å².